The standard InChI is InChI=1S/C8H12N4/c1-4-2-3-5-6(4)7(9)12-8(10)11-5/h4H,2-3H2,1H3,(H4,9,10,11,12)/i1D3. The minimum absolute atomic E-state index is 0.109. The van der Waals surface area contributed by atoms with Crippen LogP contribution in [0.2, 0.25) is 0 Å². The first-order valence-electron chi connectivity index (χ1n) is 5.31. The van der Waals surface area contributed by atoms with Crippen LogP contribution in [0.3, 0.4) is 0 Å². The van der Waals surface area contributed by atoms with Gasteiger partial charge in [-0.15, -0.1) is 0 Å². The number of nitrogens with zero attached hydrogens (tertiary/aromatic N) is 2. The van der Waals surface area contributed by atoms with Gasteiger partial charge in [-0.2, -0.15) is 4.98 Å². The van der Waals surface area contributed by atoms with Crippen molar-refractivity contribution in [3.63, 3.8) is 0 Å². The zero-order chi connectivity index (χ0) is 11.2. The van der Waals surface area contributed by atoms with Gasteiger partial charge in [-0.3, -0.25) is 0 Å². The van der Waals surface area contributed by atoms with Gasteiger partial charge in [0.1, 0.15) is 5.82 Å². The normalized spacial score (nSPS) is 25.7. The summed E-state index contributed by atoms with van der Waals surface area (Å²) >= 11 is 0. The van der Waals surface area contributed by atoms with Crippen molar-refractivity contribution in [1.82, 2.24) is 9.97 Å². The summed E-state index contributed by atoms with van der Waals surface area (Å²) in [7, 11) is 0. The van der Waals surface area contributed by atoms with Crippen LogP contribution >= 0.6 is 0 Å². The molecule has 1 aliphatic rings. The number of rotatable bonds is 0. The Kier molecular flexibility index (Phi) is 0.903. The van der Waals surface area contributed by atoms with E-state index in [2.05, 4.69) is 9.97 Å². The number of hydrogen-bond acceptors (Lipinski definition) is 4. The van der Waals surface area contributed by atoms with Crippen molar-refractivity contribution in [3.8, 4) is 0 Å². The van der Waals surface area contributed by atoms with Crippen molar-refractivity contribution in [2.75, 3.05) is 11.5 Å². The highest BCUT2D eigenvalue weighted by molar-refractivity contribution is 5.49. The molecular weight excluding hydrogens is 152 g/mol. The van der Waals surface area contributed by atoms with Crippen LogP contribution in [0.25, 0.3) is 0 Å². The number of anilines is 2. The molecule has 0 saturated heterocycles. The van der Waals surface area contributed by atoms with Gasteiger partial charge in [-0.1, -0.05) is 6.85 Å². The van der Waals surface area contributed by atoms with Crippen molar-refractivity contribution < 1.29 is 4.11 Å². The summed E-state index contributed by atoms with van der Waals surface area (Å²) in [6.07, 6.45) is 1.14. The Morgan fingerprint density at radius 3 is 3.08 bits per heavy atom. The van der Waals surface area contributed by atoms with E-state index in [0.29, 0.717) is 24.1 Å². The second kappa shape index (κ2) is 2.33. The summed E-state index contributed by atoms with van der Waals surface area (Å²) < 4.78 is 22.2. The number of hydrogen-bond donors (Lipinski definition) is 2. The highest BCUT2D eigenvalue weighted by atomic mass is 15.0. The third-order valence-electron chi connectivity index (χ3n) is 2.09. The third-order valence-corrected chi connectivity index (χ3v) is 2.09. The second-order valence-corrected chi connectivity index (χ2v) is 2.92. The Hall–Kier alpha value is -1.32. The van der Waals surface area contributed by atoms with Gasteiger partial charge < -0.3 is 11.5 Å². The molecule has 0 aromatic carbocycles. The van der Waals surface area contributed by atoms with E-state index >= 15 is 0 Å². The molecule has 0 aliphatic heterocycles. The molecule has 1 unspecified atom stereocenters. The lowest BCUT2D eigenvalue weighted by Crippen LogP contribution is -2.05. The summed E-state index contributed by atoms with van der Waals surface area (Å²) in [5, 5.41) is 0. The number of aromatic nitrogens is 2. The van der Waals surface area contributed by atoms with Crippen molar-refractivity contribution in [2.45, 2.75) is 25.6 Å². The molecule has 2 rings (SSSR count). The monoisotopic (exact) mass is 167 g/mol. The average Bonchev–Trinajstić information content (AvgIpc) is 2.45. The molecular formula is C8H12N4. The fraction of sp³-hybridized carbons (Fsp3) is 0.500. The summed E-state index contributed by atoms with van der Waals surface area (Å²) in [5.41, 5.74) is 12.4. The molecule has 1 atom stereocenters. The fourth-order valence-corrected chi connectivity index (χ4v) is 1.55. The van der Waals surface area contributed by atoms with Gasteiger partial charge in [-0.05, 0) is 18.8 Å². The van der Waals surface area contributed by atoms with Crippen LogP contribution in [0, 0.1) is 0 Å². The van der Waals surface area contributed by atoms with Gasteiger partial charge in [0, 0.05) is 9.68 Å². The third kappa shape index (κ3) is 0.913. The molecule has 0 fully saturated rings. The SMILES string of the molecule is [2H]C([2H])([2H])C1CCc2nc(N)nc(N)c21. The van der Waals surface area contributed by atoms with Crippen molar-refractivity contribution >= 4 is 11.8 Å². The largest absolute Gasteiger partial charge is 0.383 e. The van der Waals surface area contributed by atoms with Crippen LogP contribution in [0.4, 0.5) is 11.8 Å². The Bertz CT molecular complexity index is 402. The molecule has 12 heavy (non-hydrogen) atoms. The van der Waals surface area contributed by atoms with E-state index in [1.807, 2.05) is 0 Å². The van der Waals surface area contributed by atoms with Crippen molar-refractivity contribution in [3.05, 3.63) is 11.3 Å². The van der Waals surface area contributed by atoms with Gasteiger partial charge in [0.25, 0.3) is 0 Å². The average molecular weight is 167 g/mol. The maximum atomic E-state index is 7.40. The molecule has 4 nitrogen and oxygen atoms in total. The van der Waals surface area contributed by atoms with E-state index in [0.717, 1.165) is 0 Å². The number of nitrogens with two attached hydrogens (primary N) is 2. The smallest absolute Gasteiger partial charge is 0.222 e. The number of aryl methyl sites for hydroxylation is 1. The van der Waals surface area contributed by atoms with E-state index in [1.165, 1.54) is 0 Å². The van der Waals surface area contributed by atoms with Crippen LogP contribution in [0.1, 0.15) is 34.6 Å². The lowest BCUT2D eigenvalue weighted by molar-refractivity contribution is 0.746. The first kappa shape index (κ1) is 4.64. The van der Waals surface area contributed by atoms with Gasteiger partial charge in [0.05, 0.1) is 5.69 Å². The van der Waals surface area contributed by atoms with E-state index in [-0.39, 0.29) is 11.8 Å². The first-order valence-corrected chi connectivity index (χ1v) is 3.81. The molecule has 4 heteroatoms. The molecule has 1 aromatic rings. The maximum Gasteiger partial charge on any atom is 0.222 e. The van der Waals surface area contributed by atoms with Gasteiger partial charge >= 0.3 is 0 Å². The van der Waals surface area contributed by atoms with Crippen LogP contribution in [0.15, 0.2) is 0 Å². The molecule has 0 saturated carbocycles. The molecule has 1 aliphatic carbocycles. The number of nitrogen functional groups attached to an aromatic ring is 2. The van der Waals surface area contributed by atoms with Crippen LogP contribution in [0.5, 0.6) is 0 Å². The molecule has 4 N–H and O–H groups in total. The molecule has 0 amide bonds. The van der Waals surface area contributed by atoms with E-state index in [9.17, 15) is 0 Å². The van der Waals surface area contributed by atoms with Crippen LogP contribution < -0.4 is 11.5 Å². The van der Waals surface area contributed by atoms with Crippen molar-refractivity contribution in [2.24, 2.45) is 0 Å². The molecule has 0 radical (unpaired) electrons. The minimum Gasteiger partial charge on any atom is -0.383 e. The summed E-state index contributed by atoms with van der Waals surface area (Å²) in [6.45, 7) is -2.04. The Morgan fingerprint density at radius 1 is 1.50 bits per heavy atom. The molecule has 1 heterocycles. The quantitative estimate of drug-likeness (QED) is 0.596. The Balaban J connectivity index is 2.51. The fourth-order valence-electron chi connectivity index (χ4n) is 1.55. The molecule has 0 spiro atoms. The maximum absolute atomic E-state index is 7.40. The second-order valence-electron chi connectivity index (χ2n) is 2.92. The number of fused-ring (bicyclic) bond motifs is 1. The lowest BCUT2D eigenvalue weighted by atomic mass is 10.1. The first-order chi connectivity index (χ1) is 6.89. The van der Waals surface area contributed by atoms with Crippen LogP contribution in [-0.2, 0) is 6.42 Å². The van der Waals surface area contributed by atoms with E-state index in [4.69, 9.17) is 15.6 Å². The van der Waals surface area contributed by atoms with Gasteiger partial charge in [-0.25, -0.2) is 4.98 Å². The van der Waals surface area contributed by atoms with Crippen LogP contribution in [-0.4, -0.2) is 9.97 Å². The summed E-state index contributed by atoms with van der Waals surface area (Å²) in [4.78, 5) is 7.82. The van der Waals surface area contributed by atoms with Gasteiger partial charge in [0.15, 0.2) is 0 Å². The van der Waals surface area contributed by atoms with E-state index in [1.54, 1.807) is 0 Å². The summed E-state index contributed by atoms with van der Waals surface area (Å²) in [6, 6.07) is 0. The Morgan fingerprint density at radius 2 is 2.33 bits per heavy atom. The highest BCUT2D eigenvalue weighted by Crippen LogP contribution is 2.34. The minimum atomic E-state index is -2.04. The lowest BCUT2D eigenvalue weighted by Gasteiger charge is -2.06. The van der Waals surface area contributed by atoms with Gasteiger partial charge in [0.2, 0.25) is 5.95 Å². The Labute approximate surface area is 75.2 Å². The summed E-state index contributed by atoms with van der Waals surface area (Å²) in [5.74, 6) is -0.235. The zero-order valence-corrected chi connectivity index (χ0v) is 6.54. The predicted molar refractivity (Wildman–Crippen MR) is 47.6 cm³/mol. The van der Waals surface area contributed by atoms with E-state index < -0.39 is 12.8 Å². The molecule has 0 bridgehead atoms. The molecule has 1 aromatic heterocycles. The molecule has 64 valence electrons. The van der Waals surface area contributed by atoms with Crippen molar-refractivity contribution in [1.29, 1.82) is 0 Å². The topological polar surface area (TPSA) is 77.8 Å². The predicted octanol–water partition coefficient (Wildman–Crippen LogP) is 0.691. The zero-order valence-electron chi connectivity index (χ0n) is 9.54. The highest BCUT2D eigenvalue weighted by Gasteiger charge is 2.23.